The molecule has 9 heavy (non-hydrogen) atoms. The quantitative estimate of drug-likeness (QED) is 0.689. The minimum Gasteiger partial charge on any atom is -0.211 e. The van der Waals surface area contributed by atoms with Crippen LogP contribution in [0.1, 0.15) is 6.55 Å². The summed E-state index contributed by atoms with van der Waals surface area (Å²) in [5.41, 5.74) is 0. The topological polar surface area (TPSA) is 17.8 Å². The normalized spacial score (nSPS) is 10.7. The highest BCUT2D eigenvalue weighted by molar-refractivity contribution is 14.1. The third-order valence-electron chi connectivity index (χ3n) is 0.770. The lowest BCUT2D eigenvalue weighted by Gasteiger charge is -1.93. The molecule has 5 heteroatoms. The second-order valence-corrected chi connectivity index (χ2v) is 2.66. The molecule has 0 unspecified atom stereocenters. The zero-order valence-electron chi connectivity index (χ0n) is 4.26. The van der Waals surface area contributed by atoms with Crippen LogP contribution in [0.2, 0.25) is 0 Å². The van der Waals surface area contributed by atoms with Crippen molar-refractivity contribution in [1.82, 2.24) is 9.78 Å². The van der Waals surface area contributed by atoms with Crippen LogP contribution in [0, 0.1) is 3.57 Å². The van der Waals surface area contributed by atoms with Gasteiger partial charge in [0.1, 0.15) is 0 Å². The van der Waals surface area contributed by atoms with Crippen LogP contribution < -0.4 is 0 Å². The first-order valence-electron chi connectivity index (χ1n) is 2.18. The molecule has 50 valence electrons. The fourth-order valence-corrected chi connectivity index (χ4v) is 0.832. The Morgan fingerprint density at radius 1 is 1.67 bits per heavy atom. The molecule has 0 N–H and O–H groups in total. The van der Waals surface area contributed by atoms with E-state index in [4.69, 9.17) is 0 Å². The van der Waals surface area contributed by atoms with Gasteiger partial charge in [0.25, 0.3) is 0 Å². The summed E-state index contributed by atoms with van der Waals surface area (Å²) in [5, 5.41) is 3.37. The van der Waals surface area contributed by atoms with Crippen molar-refractivity contribution in [2.45, 2.75) is 6.55 Å². The van der Waals surface area contributed by atoms with Crippen LogP contribution in [0.25, 0.3) is 0 Å². The summed E-state index contributed by atoms with van der Waals surface area (Å²) in [6.07, 6.45) is 2.66. The predicted octanol–water partition coefficient (Wildman–Crippen LogP) is 1.88. The highest BCUT2D eigenvalue weighted by atomic mass is 127. The maximum absolute atomic E-state index is 11.7. The Balaban J connectivity index is 2.85. The minimum atomic E-state index is -2.52. The van der Waals surface area contributed by atoms with E-state index in [9.17, 15) is 8.78 Å². The summed E-state index contributed by atoms with van der Waals surface area (Å²) in [4.78, 5) is 0. The molecule has 0 fully saturated rings. The molecular formula is C4H3F2IN2. The van der Waals surface area contributed by atoms with Gasteiger partial charge in [0.2, 0.25) is 0 Å². The monoisotopic (exact) mass is 244 g/mol. The molecule has 0 radical (unpaired) electrons. The maximum atomic E-state index is 11.7. The summed E-state index contributed by atoms with van der Waals surface area (Å²) in [6.45, 7) is -2.52. The van der Waals surface area contributed by atoms with Gasteiger partial charge in [0.05, 0.1) is 9.77 Å². The van der Waals surface area contributed by atoms with E-state index >= 15 is 0 Å². The first-order chi connectivity index (χ1) is 4.20. The fraction of sp³-hybridized carbons (Fsp3) is 0.250. The standard InChI is InChI=1S/C4H3F2IN2/c5-4(6)9-2-3(7)1-8-9/h1-2,4H. The van der Waals surface area contributed by atoms with Crippen molar-refractivity contribution >= 4 is 22.6 Å². The van der Waals surface area contributed by atoms with Crippen molar-refractivity contribution in [2.24, 2.45) is 0 Å². The SMILES string of the molecule is FC(F)n1cc(I)cn1. The second-order valence-electron chi connectivity index (χ2n) is 1.42. The molecule has 0 saturated carbocycles. The molecule has 0 amide bonds. The lowest BCUT2D eigenvalue weighted by atomic mass is 10.8. The Labute approximate surface area is 64.0 Å². The summed E-state index contributed by atoms with van der Waals surface area (Å²) >= 11 is 1.92. The molecule has 0 aliphatic heterocycles. The molecule has 1 heterocycles. The van der Waals surface area contributed by atoms with Gasteiger partial charge in [-0.25, -0.2) is 4.68 Å². The average molecular weight is 244 g/mol. The predicted molar refractivity (Wildman–Crippen MR) is 36.2 cm³/mol. The summed E-state index contributed by atoms with van der Waals surface area (Å²) in [6, 6.07) is 0. The van der Waals surface area contributed by atoms with Crippen molar-refractivity contribution in [3.8, 4) is 0 Å². The van der Waals surface area contributed by atoms with E-state index in [2.05, 4.69) is 5.10 Å². The molecule has 0 aliphatic carbocycles. The van der Waals surface area contributed by atoms with E-state index in [0.717, 1.165) is 0 Å². The molecule has 0 aliphatic rings. The zero-order valence-corrected chi connectivity index (χ0v) is 6.42. The van der Waals surface area contributed by atoms with E-state index in [-0.39, 0.29) is 0 Å². The van der Waals surface area contributed by atoms with Crippen LogP contribution in [-0.2, 0) is 0 Å². The van der Waals surface area contributed by atoms with E-state index in [1.54, 1.807) is 0 Å². The maximum Gasteiger partial charge on any atom is 0.333 e. The Hall–Kier alpha value is -0.200. The Bertz CT molecular complexity index is 198. The van der Waals surface area contributed by atoms with Gasteiger partial charge >= 0.3 is 6.55 Å². The molecule has 0 aromatic carbocycles. The van der Waals surface area contributed by atoms with Crippen LogP contribution in [0.15, 0.2) is 12.4 Å². The van der Waals surface area contributed by atoms with Crippen LogP contribution in [0.3, 0.4) is 0 Å². The number of hydrogen-bond acceptors (Lipinski definition) is 1. The Morgan fingerprint density at radius 2 is 2.33 bits per heavy atom. The van der Waals surface area contributed by atoms with Gasteiger partial charge in [-0.2, -0.15) is 13.9 Å². The van der Waals surface area contributed by atoms with Crippen LogP contribution in [0.5, 0.6) is 0 Å². The van der Waals surface area contributed by atoms with Gasteiger partial charge in [-0.3, -0.25) is 0 Å². The number of halogens is 3. The molecule has 1 aromatic rings. The lowest BCUT2D eigenvalue weighted by Crippen LogP contribution is -1.96. The van der Waals surface area contributed by atoms with Crippen LogP contribution in [0.4, 0.5) is 8.78 Å². The molecule has 0 atom stereocenters. The van der Waals surface area contributed by atoms with E-state index in [0.29, 0.717) is 8.25 Å². The summed E-state index contributed by atoms with van der Waals surface area (Å²) in [7, 11) is 0. The molecule has 0 spiro atoms. The fourth-order valence-electron chi connectivity index (χ4n) is 0.422. The molecule has 0 saturated heterocycles. The van der Waals surface area contributed by atoms with Crippen molar-refractivity contribution < 1.29 is 8.78 Å². The van der Waals surface area contributed by atoms with Crippen molar-refractivity contribution in [3.63, 3.8) is 0 Å². The number of aromatic nitrogens is 2. The van der Waals surface area contributed by atoms with Gasteiger partial charge < -0.3 is 0 Å². The van der Waals surface area contributed by atoms with Gasteiger partial charge in [-0.15, -0.1) is 0 Å². The minimum absolute atomic E-state index is 0.613. The third-order valence-corrected chi connectivity index (χ3v) is 1.33. The van der Waals surface area contributed by atoms with Gasteiger partial charge in [0.15, 0.2) is 0 Å². The lowest BCUT2D eigenvalue weighted by molar-refractivity contribution is 0.0565. The zero-order chi connectivity index (χ0) is 6.85. The Morgan fingerprint density at radius 3 is 2.56 bits per heavy atom. The number of alkyl halides is 2. The average Bonchev–Trinajstić information content (AvgIpc) is 2.14. The Kier molecular flexibility index (Phi) is 1.99. The van der Waals surface area contributed by atoms with E-state index in [1.807, 2.05) is 22.6 Å². The van der Waals surface area contributed by atoms with E-state index < -0.39 is 6.55 Å². The largest absolute Gasteiger partial charge is 0.333 e. The van der Waals surface area contributed by atoms with Gasteiger partial charge in [-0.1, -0.05) is 0 Å². The smallest absolute Gasteiger partial charge is 0.211 e. The third kappa shape index (κ3) is 1.60. The molecule has 0 bridgehead atoms. The summed E-state index contributed by atoms with van der Waals surface area (Å²) < 4.78 is 24.7. The highest BCUT2D eigenvalue weighted by Gasteiger charge is 2.04. The summed E-state index contributed by atoms with van der Waals surface area (Å²) in [5.74, 6) is 0. The van der Waals surface area contributed by atoms with Crippen molar-refractivity contribution in [3.05, 3.63) is 16.0 Å². The van der Waals surface area contributed by atoms with Crippen LogP contribution >= 0.6 is 22.6 Å². The van der Waals surface area contributed by atoms with E-state index in [1.165, 1.54) is 12.4 Å². The molecule has 1 aromatic heterocycles. The van der Waals surface area contributed by atoms with Crippen molar-refractivity contribution in [1.29, 1.82) is 0 Å². The highest BCUT2D eigenvalue weighted by Crippen LogP contribution is 2.10. The molecule has 2 nitrogen and oxygen atoms in total. The number of rotatable bonds is 1. The molecule has 1 rings (SSSR count). The van der Waals surface area contributed by atoms with Crippen molar-refractivity contribution in [2.75, 3.05) is 0 Å². The first-order valence-corrected chi connectivity index (χ1v) is 3.26. The second kappa shape index (κ2) is 2.59. The number of hydrogen-bond donors (Lipinski definition) is 0. The molecular weight excluding hydrogens is 241 g/mol. The first kappa shape index (κ1) is 6.91. The van der Waals surface area contributed by atoms with Gasteiger partial charge in [-0.05, 0) is 22.6 Å². The van der Waals surface area contributed by atoms with Gasteiger partial charge in [0, 0.05) is 6.20 Å². The number of nitrogens with zero attached hydrogens (tertiary/aromatic N) is 2. The van der Waals surface area contributed by atoms with Crippen LogP contribution in [-0.4, -0.2) is 9.78 Å².